The third kappa shape index (κ3) is 3.73. The number of anilines is 2. The van der Waals surface area contributed by atoms with Crippen LogP contribution in [0.15, 0.2) is 59.5 Å². The fraction of sp³-hybridized carbons (Fsp3) is 0.174. The second kappa shape index (κ2) is 7.80. The van der Waals surface area contributed by atoms with Crippen molar-refractivity contribution in [3.63, 3.8) is 0 Å². The molecule has 9 heteroatoms. The lowest BCUT2D eigenvalue weighted by molar-refractivity contribution is 0.0951. The van der Waals surface area contributed by atoms with Gasteiger partial charge in [-0.1, -0.05) is 11.6 Å². The minimum Gasteiger partial charge on any atom is -0.353 e. The molecule has 1 aliphatic carbocycles. The number of carbonyl (C=O) groups is 1. The Bertz CT molecular complexity index is 1410. The van der Waals surface area contributed by atoms with E-state index in [4.69, 9.17) is 11.6 Å². The molecule has 0 saturated heterocycles. The van der Waals surface area contributed by atoms with Crippen LogP contribution >= 0.6 is 11.6 Å². The Morgan fingerprint density at radius 2 is 1.88 bits per heavy atom. The molecule has 0 unspecified atom stereocenters. The van der Waals surface area contributed by atoms with Crippen molar-refractivity contribution in [3.8, 4) is 5.69 Å². The fourth-order valence-corrected chi connectivity index (χ4v) is 3.70. The number of benzene rings is 2. The van der Waals surface area contributed by atoms with E-state index in [9.17, 15) is 14.0 Å². The zero-order chi connectivity index (χ0) is 22.4. The maximum absolute atomic E-state index is 13.4. The molecule has 32 heavy (non-hydrogen) atoms. The van der Waals surface area contributed by atoms with Gasteiger partial charge < -0.3 is 10.6 Å². The van der Waals surface area contributed by atoms with Crippen LogP contribution in [-0.2, 0) is 7.05 Å². The van der Waals surface area contributed by atoms with Gasteiger partial charge in [-0.05, 0) is 55.3 Å². The highest BCUT2D eigenvalue weighted by molar-refractivity contribution is 6.33. The van der Waals surface area contributed by atoms with Crippen LogP contribution in [0.25, 0.3) is 16.7 Å². The van der Waals surface area contributed by atoms with E-state index in [0.29, 0.717) is 38.7 Å². The maximum Gasteiger partial charge on any atom is 0.254 e. The molecule has 5 rings (SSSR count). The summed E-state index contributed by atoms with van der Waals surface area (Å²) in [4.78, 5) is 25.1. The highest BCUT2D eigenvalue weighted by atomic mass is 35.5. The van der Waals surface area contributed by atoms with Gasteiger partial charge in [-0.25, -0.2) is 9.07 Å². The molecular formula is C23H19ClFN5O2. The number of amides is 1. The van der Waals surface area contributed by atoms with E-state index < -0.39 is 0 Å². The number of pyridine rings is 1. The monoisotopic (exact) mass is 451 g/mol. The second-order valence-corrected chi connectivity index (χ2v) is 8.20. The summed E-state index contributed by atoms with van der Waals surface area (Å²) in [6.45, 7) is 0. The first-order valence-corrected chi connectivity index (χ1v) is 10.5. The molecule has 1 saturated carbocycles. The van der Waals surface area contributed by atoms with Crippen LogP contribution in [0.4, 0.5) is 15.8 Å². The van der Waals surface area contributed by atoms with E-state index >= 15 is 0 Å². The van der Waals surface area contributed by atoms with Crippen molar-refractivity contribution in [3.05, 3.63) is 81.5 Å². The normalized spacial score (nSPS) is 13.3. The number of rotatable bonds is 5. The summed E-state index contributed by atoms with van der Waals surface area (Å²) in [6, 6.07) is 12.5. The van der Waals surface area contributed by atoms with Crippen molar-refractivity contribution in [2.24, 2.45) is 7.05 Å². The Kier molecular flexibility index (Phi) is 4.94. The fourth-order valence-electron chi connectivity index (χ4n) is 3.54. The first kappa shape index (κ1) is 20.3. The maximum atomic E-state index is 13.4. The van der Waals surface area contributed by atoms with Crippen LogP contribution < -0.4 is 16.2 Å². The molecule has 0 spiro atoms. The molecule has 1 fully saturated rings. The number of hydrogen-bond acceptors (Lipinski definition) is 4. The number of fused-ring (bicyclic) bond motifs is 1. The Hall–Kier alpha value is -3.65. The van der Waals surface area contributed by atoms with Crippen molar-refractivity contribution in [1.29, 1.82) is 0 Å². The van der Waals surface area contributed by atoms with Gasteiger partial charge in [0.1, 0.15) is 11.5 Å². The van der Waals surface area contributed by atoms with Gasteiger partial charge in [-0.15, -0.1) is 0 Å². The lowest BCUT2D eigenvalue weighted by Gasteiger charge is -2.13. The number of halogens is 2. The van der Waals surface area contributed by atoms with E-state index in [1.54, 1.807) is 48.3 Å². The average molecular weight is 452 g/mol. The van der Waals surface area contributed by atoms with E-state index in [0.717, 1.165) is 12.8 Å². The molecule has 2 N–H and O–H groups in total. The number of carbonyl (C=O) groups excluding carboxylic acids is 1. The number of nitrogens with zero attached hydrogens (tertiary/aromatic N) is 3. The minimum atomic E-state index is -0.360. The predicted octanol–water partition coefficient (Wildman–Crippen LogP) is 4.15. The highest BCUT2D eigenvalue weighted by Crippen LogP contribution is 2.31. The molecule has 0 bridgehead atoms. The molecule has 2 heterocycles. The van der Waals surface area contributed by atoms with Gasteiger partial charge in [-0.3, -0.25) is 14.2 Å². The SMILES string of the molecule is Cn1c(=O)cc(Nc2cc(C(=O)NC3CC3)ccc2Cl)c2cnn(-c3ccc(F)cc3)c21. The predicted molar refractivity (Wildman–Crippen MR) is 121 cm³/mol. The molecule has 4 aromatic rings. The average Bonchev–Trinajstić information content (AvgIpc) is 3.48. The van der Waals surface area contributed by atoms with Gasteiger partial charge in [-0.2, -0.15) is 5.10 Å². The standard InChI is InChI=1S/C23H19ClFN5O2/c1-29-21(31)11-19(17-12-26-30(23(17)29)16-7-3-14(25)4-8-16)28-20-10-13(2-9-18(20)24)22(32)27-15-5-6-15/h2-4,7-12,15,28H,5-6H2,1H3,(H,27,32). The van der Waals surface area contributed by atoms with Crippen molar-refractivity contribution >= 4 is 39.9 Å². The number of hydrogen-bond donors (Lipinski definition) is 2. The smallest absolute Gasteiger partial charge is 0.254 e. The van der Waals surface area contributed by atoms with Crippen LogP contribution in [0.2, 0.25) is 5.02 Å². The third-order valence-corrected chi connectivity index (χ3v) is 5.76. The van der Waals surface area contributed by atoms with E-state index in [1.807, 2.05) is 0 Å². The molecule has 2 aromatic carbocycles. The van der Waals surface area contributed by atoms with E-state index in [1.165, 1.54) is 22.8 Å². The largest absolute Gasteiger partial charge is 0.353 e. The highest BCUT2D eigenvalue weighted by Gasteiger charge is 2.24. The zero-order valence-electron chi connectivity index (χ0n) is 17.1. The molecule has 0 aliphatic heterocycles. The first-order valence-electron chi connectivity index (χ1n) is 10.1. The molecule has 2 aromatic heterocycles. The van der Waals surface area contributed by atoms with Gasteiger partial charge in [0.15, 0.2) is 0 Å². The molecule has 1 aliphatic rings. The number of aryl methyl sites for hydroxylation is 1. The Morgan fingerprint density at radius 1 is 1.12 bits per heavy atom. The van der Waals surface area contributed by atoms with Crippen LogP contribution in [0.3, 0.4) is 0 Å². The Balaban J connectivity index is 1.57. The van der Waals surface area contributed by atoms with Gasteiger partial charge in [0, 0.05) is 24.7 Å². The summed E-state index contributed by atoms with van der Waals surface area (Å²) in [5, 5.41) is 11.6. The summed E-state index contributed by atoms with van der Waals surface area (Å²) >= 11 is 6.37. The van der Waals surface area contributed by atoms with Crippen molar-refractivity contribution in [1.82, 2.24) is 19.7 Å². The quantitative estimate of drug-likeness (QED) is 0.477. The summed E-state index contributed by atoms with van der Waals surface area (Å²) in [7, 11) is 1.64. The van der Waals surface area contributed by atoms with Crippen LogP contribution in [0.5, 0.6) is 0 Å². The van der Waals surface area contributed by atoms with Crippen molar-refractivity contribution in [2.45, 2.75) is 18.9 Å². The summed E-state index contributed by atoms with van der Waals surface area (Å²) in [5.74, 6) is -0.521. The molecular weight excluding hydrogens is 433 g/mol. The van der Waals surface area contributed by atoms with E-state index in [-0.39, 0.29) is 23.3 Å². The topological polar surface area (TPSA) is 81.0 Å². The van der Waals surface area contributed by atoms with Crippen LogP contribution in [-0.4, -0.2) is 26.3 Å². The number of aromatic nitrogens is 3. The van der Waals surface area contributed by atoms with Gasteiger partial charge in [0.2, 0.25) is 0 Å². The molecule has 0 radical (unpaired) electrons. The van der Waals surface area contributed by atoms with Gasteiger partial charge in [0.25, 0.3) is 11.5 Å². The summed E-state index contributed by atoms with van der Waals surface area (Å²) in [6.07, 6.45) is 3.61. The summed E-state index contributed by atoms with van der Waals surface area (Å²) < 4.78 is 16.4. The molecule has 162 valence electrons. The summed E-state index contributed by atoms with van der Waals surface area (Å²) in [5.41, 5.74) is 2.36. The second-order valence-electron chi connectivity index (χ2n) is 7.79. The Morgan fingerprint density at radius 3 is 2.59 bits per heavy atom. The minimum absolute atomic E-state index is 0.162. The third-order valence-electron chi connectivity index (χ3n) is 5.43. The lowest BCUT2D eigenvalue weighted by atomic mass is 10.1. The van der Waals surface area contributed by atoms with Crippen molar-refractivity contribution < 1.29 is 9.18 Å². The Labute approximate surface area is 187 Å². The van der Waals surface area contributed by atoms with Crippen LogP contribution in [0, 0.1) is 5.82 Å². The van der Waals surface area contributed by atoms with Gasteiger partial charge in [0.05, 0.1) is 33.7 Å². The lowest BCUT2D eigenvalue weighted by Crippen LogP contribution is -2.25. The van der Waals surface area contributed by atoms with Gasteiger partial charge >= 0.3 is 0 Å². The molecule has 7 nitrogen and oxygen atoms in total. The molecule has 1 amide bonds. The number of nitrogens with one attached hydrogen (secondary N) is 2. The zero-order valence-corrected chi connectivity index (χ0v) is 17.9. The van der Waals surface area contributed by atoms with Crippen molar-refractivity contribution in [2.75, 3.05) is 5.32 Å². The first-order chi connectivity index (χ1) is 15.4. The van der Waals surface area contributed by atoms with Crippen LogP contribution in [0.1, 0.15) is 23.2 Å². The van der Waals surface area contributed by atoms with E-state index in [2.05, 4.69) is 15.7 Å². The molecule has 0 atom stereocenters.